The molecular formula is C19H20ClNO2. The maximum atomic E-state index is 12.6. The first-order valence-electron chi connectivity index (χ1n) is 7.73. The first kappa shape index (κ1) is 15.9. The molecule has 1 amide bonds. The number of para-hydroxylation sites is 1. The van der Waals surface area contributed by atoms with Crippen LogP contribution in [0.4, 0.5) is 0 Å². The molecule has 0 aliphatic heterocycles. The van der Waals surface area contributed by atoms with E-state index in [2.05, 4.69) is 0 Å². The summed E-state index contributed by atoms with van der Waals surface area (Å²) in [4.78, 5) is 14.4. The molecule has 0 saturated heterocycles. The molecule has 2 aromatic rings. The molecule has 1 saturated carbocycles. The van der Waals surface area contributed by atoms with E-state index >= 15 is 0 Å². The van der Waals surface area contributed by atoms with Crippen molar-refractivity contribution in [2.24, 2.45) is 5.92 Å². The average molecular weight is 330 g/mol. The Morgan fingerprint density at radius 2 is 1.91 bits per heavy atom. The van der Waals surface area contributed by atoms with E-state index in [0.29, 0.717) is 6.54 Å². The summed E-state index contributed by atoms with van der Waals surface area (Å²) in [5, 5.41) is 0.750. The zero-order valence-corrected chi connectivity index (χ0v) is 14.1. The van der Waals surface area contributed by atoms with E-state index in [-0.39, 0.29) is 17.7 Å². The van der Waals surface area contributed by atoms with Gasteiger partial charge in [-0.25, -0.2) is 0 Å². The Balaban J connectivity index is 1.66. The Hall–Kier alpha value is -2.00. The van der Waals surface area contributed by atoms with Crippen molar-refractivity contribution in [2.75, 3.05) is 14.2 Å². The fraction of sp³-hybridized carbons (Fsp3) is 0.316. The van der Waals surface area contributed by atoms with Crippen molar-refractivity contribution in [1.82, 2.24) is 4.90 Å². The number of hydrogen-bond acceptors (Lipinski definition) is 2. The van der Waals surface area contributed by atoms with Crippen molar-refractivity contribution in [1.29, 1.82) is 0 Å². The number of halogens is 1. The number of benzene rings is 2. The lowest BCUT2D eigenvalue weighted by atomic mass is 10.1. The topological polar surface area (TPSA) is 29.5 Å². The molecule has 2 atom stereocenters. The van der Waals surface area contributed by atoms with Crippen LogP contribution in [0.15, 0.2) is 48.5 Å². The third-order valence-corrected chi connectivity index (χ3v) is 4.73. The van der Waals surface area contributed by atoms with Gasteiger partial charge in [-0.05, 0) is 30.0 Å². The Bertz CT molecular complexity index is 716. The molecule has 1 fully saturated rings. The van der Waals surface area contributed by atoms with Gasteiger partial charge in [0.2, 0.25) is 5.91 Å². The molecule has 23 heavy (non-hydrogen) atoms. The lowest BCUT2D eigenvalue weighted by Crippen LogP contribution is -2.28. The molecule has 1 aliphatic rings. The van der Waals surface area contributed by atoms with Crippen LogP contribution in [0, 0.1) is 5.92 Å². The summed E-state index contributed by atoms with van der Waals surface area (Å²) in [5.74, 6) is 1.26. The molecule has 3 rings (SSSR count). The fourth-order valence-electron chi connectivity index (χ4n) is 3.04. The Kier molecular flexibility index (Phi) is 4.58. The minimum atomic E-state index is 0.0367. The largest absolute Gasteiger partial charge is 0.496 e. The van der Waals surface area contributed by atoms with Gasteiger partial charge >= 0.3 is 0 Å². The molecule has 120 valence electrons. The third-order valence-electron chi connectivity index (χ3n) is 4.39. The predicted molar refractivity (Wildman–Crippen MR) is 91.8 cm³/mol. The number of carbonyl (C=O) groups excluding carboxylic acids is 1. The Labute approximate surface area is 141 Å². The Morgan fingerprint density at radius 3 is 2.65 bits per heavy atom. The standard InChI is InChI=1S/C19H20ClNO2/c1-21(12-13-7-3-6-10-18(13)23-2)19(22)16-11-15(16)14-8-4-5-9-17(14)20/h3-10,15-16H,11-12H2,1-2H3. The summed E-state index contributed by atoms with van der Waals surface area (Å²) < 4.78 is 5.35. The molecule has 2 unspecified atom stereocenters. The van der Waals surface area contributed by atoms with Gasteiger partial charge in [-0.15, -0.1) is 0 Å². The second kappa shape index (κ2) is 6.63. The highest BCUT2D eigenvalue weighted by Crippen LogP contribution is 2.50. The molecule has 0 spiro atoms. The minimum Gasteiger partial charge on any atom is -0.496 e. The van der Waals surface area contributed by atoms with Crippen LogP contribution in [-0.4, -0.2) is 25.0 Å². The smallest absolute Gasteiger partial charge is 0.226 e. The quantitative estimate of drug-likeness (QED) is 0.826. The van der Waals surface area contributed by atoms with Crippen LogP contribution in [0.5, 0.6) is 5.75 Å². The minimum absolute atomic E-state index is 0.0367. The zero-order valence-electron chi connectivity index (χ0n) is 13.3. The van der Waals surface area contributed by atoms with Crippen molar-refractivity contribution in [3.63, 3.8) is 0 Å². The second-order valence-corrected chi connectivity index (χ2v) is 6.38. The molecule has 0 N–H and O–H groups in total. The van der Waals surface area contributed by atoms with Gasteiger partial charge in [0.05, 0.1) is 7.11 Å². The van der Waals surface area contributed by atoms with Gasteiger partial charge in [-0.2, -0.15) is 0 Å². The van der Waals surface area contributed by atoms with E-state index in [1.807, 2.05) is 55.6 Å². The lowest BCUT2D eigenvalue weighted by Gasteiger charge is -2.19. The summed E-state index contributed by atoms with van der Waals surface area (Å²) in [6, 6.07) is 15.6. The number of hydrogen-bond donors (Lipinski definition) is 0. The van der Waals surface area contributed by atoms with Gasteiger partial charge < -0.3 is 9.64 Å². The van der Waals surface area contributed by atoms with E-state index in [9.17, 15) is 4.79 Å². The van der Waals surface area contributed by atoms with Crippen molar-refractivity contribution in [2.45, 2.75) is 18.9 Å². The van der Waals surface area contributed by atoms with Crippen LogP contribution in [0.2, 0.25) is 5.02 Å². The average Bonchev–Trinajstić information content (AvgIpc) is 3.35. The van der Waals surface area contributed by atoms with Gasteiger partial charge in [0.1, 0.15) is 5.75 Å². The SMILES string of the molecule is COc1ccccc1CN(C)C(=O)C1CC1c1ccccc1Cl. The summed E-state index contributed by atoms with van der Waals surface area (Å²) in [6.07, 6.45) is 0.874. The maximum absolute atomic E-state index is 12.6. The highest BCUT2D eigenvalue weighted by Gasteiger charge is 2.45. The van der Waals surface area contributed by atoms with E-state index < -0.39 is 0 Å². The van der Waals surface area contributed by atoms with E-state index in [4.69, 9.17) is 16.3 Å². The molecule has 0 bridgehead atoms. The van der Waals surface area contributed by atoms with Gasteiger partial charge in [0, 0.05) is 30.1 Å². The number of ether oxygens (including phenoxy) is 1. The van der Waals surface area contributed by atoms with Gasteiger partial charge in [0.15, 0.2) is 0 Å². The molecular weight excluding hydrogens is 310 g/mol. The first-order valence-corrected chi connectivity index (χ1v) is 8.11. The summed E-state index contributed by atoms with van der Waals surface area (Å²) in [7, 11) is 3.49. The highest BCUT2D eigenvalue weighted by molar-refractivity contribution is 6.31. The molecule has 4 heteroatoms. The Morgan fingerprint density at radius 1 is 1.22 bits per heavy atom. The molecule has 2 aromatic carbocycles. The van der Waals surface area contributed by atoms with Crippen LogP contribution in [0.25, 0.3) is 0 Å². The van der Waals surface area contributed by atoms with E-state index in [1.165, 1.54) is 0 Å². The van der Waals surface area contributed by atoms with Crippen LogP contribution in [0.3, 0.4) is 0 Å². The third kappa shape index (κ3) is 3.35. The number of rotatable bonds is 5. The van der Waals surface area contributed by atoms with Gasteiger partial charge in [-0.1, -0.05) is 48.0 Å². The van der Waals surface area contributed by atoms with E-state index in [0.717, 1.165) is 28.3 Å². The van der Waals surface area contributed by atoms with Crippen LogP contribution in [0.1, 0.15) is 23.5 Å². The number of amides is 1. The number of nitrogens with zero attached hydrogens (tertiary/aromatic N) is 1. The molecule has 3 nitrogen and oxygen atoms in total. The highest BCUT2D eigenvalue weighted by atomic mass is 35.5. The van der Waals surface area contributed by atoms with Crippen molar-refractivity contribution in [3.05, 3.63) is 64.7 Å². The maximum Gasteiger partial charge on any atom is 0.226 e. The van der Waals surface area contributed by atoms with E-state index in [1.54, 1.807) is 12.0 Å². The molecule has 0 heterocycles. The predicted octanol–water partition coefficient (Wildman–Crippen LogP) is 4.11. The van der Waals surface area contributed by atoms with Crippen molar-refractivity contribution >= 4 is 17.5 Å². The monoisotopic (exact) mass is 329 g/mol. The molecule has 0 aromatic heterocycles. The number of carbonyl (C=O) groups is 1. The van der Waals surface area contributed by atoms with Crippen LogP contribution < -0.4 is 4.74 Å². The normalized spacial score (nSPS) is 19.3. The summed E-state index contributed by atoms with van der Waals surface area (Å²) in [5.41, 5.74) is 2.10. The second-order valence-electron chi connectivity index (χ2n) is 5.98. The van der Waals surface area contributed by atoms with Crippen LogP contribution in [-0.2, 0) is 11.3 Å². The molecule has 1 aliphatic carbocycles. The fourth-order valence-corrected chi connectivity index (χ4v) is 3.31. The molecule has 0 radical (unpaired) electrons. The van der Waals surface area contributed by atoms with Gasteiger partial charge in [0.25, 0.3) is 0 Å². The summed E-state index contributed by atoms with van der Waals surface area (Å²) >= 11 is 6.24. The lowest BCUT2D eigenvalue weighted by molar-refractivity contribution is -0.131. The van der Waals surface area contributed by atoms with Gasteiger partial charge in [-0.3, -0.25) is 4.79 Å². The van der Waals surface area contributed by atoms with Crippen molar-refractivity contribution in [3.8, 4) is 5.75 Å². The number of methoxy groups -OCH3 is 1. The van der Waals surface area contributed by atoms with Crippen molar-refractivity contribution < 1.29 is 9.53 Å². The zero-order chi connectivity index (χ0) is 16.4. The van der Waals surface area contributed by atoms with Crippen LogP contribution >= 0.6 is 11.6 Å². The summed E-state index contributed by atoms with van der Waals surface area (Å²) in [6.45, 7) is 0.550. The first-order chi connectivity index (χ1) is 11.1.